The summed E-state index contributed by atoms with van der Waals surface area (Å²) in [6.07, 6.45) is 5.30. The van der Waals surface area contributed by atoms with Gasteiger partial charge in [-0.05, 0) is 42.8 Å². The van der Waals surface area contributed by atoms with Crippen LogP contribution < -0.4 is 5.32 Å². The van der Waals surface area contributed by atoms with Crippen LogP contribution in [0.3, 0.4) is 0 Å². The Morgan fingerprint density at radius 3 is 2.74 bits per heavy atom. The van der Waals surface area contributed by atoms with E-state index in [0.29, 0.717) is 11.3 Å². The summed E-state index contributed by atoms with van der Waals surface area (Å²) in [7, 11) is 0. The van der Waals surface area contributed by atoms with Crippen molar-refractivity contribution >= 4 is 11.6 Å². The van der Waals surface area contributed by atoms with Crippen molar-refractivity contribution in [1.82, 2.24) is 0 Å². The Balaban J connectivity index is 2.23. The van der Waals surface area contributed by atoms with Crippen LogP contribution in [0.25, 0.3) is 0 Å². The van der Waals surface area contributed by atoms with Crippen LogP contribution >= 0.6 is 0 Å². The van der Waals surface area contributed by atoms with Gasteiger partial charge in [0.2, 0.25) is 0 Å². The molecular formula is C16H13NO2. The van der Waals surface area contributed by atoms with E-state index >= 15 is 0 Å². The van der Waals surface area contributed by atoms with E-state index in [1.807, 2.05) is 6.92 Å². The minimum Gasteiger partial charge on any atom is -0.507 e. The van der Waals surface area contributed by atoms with E-state index in [-0.39, 0.29) is 17.2 Å². The fourth-order valence-corrected chi connectivity index (χ4v) is 1.72. The van der Waals surface area contributed by atoms with Crippen LogP contribution in [-0.4, -0.2) is 11.0 Å². The Morgan fingerprint density at radius 2 is 2.05 bits per heavy atom. The fourth-order valence-electron chi connectivity index (χ4n) is 1.72. The summed E-state index contributed by atoms with van der Waals surface area (Å²) in [5.74, 6) is 2.09. The van der Waals surface area contributed by atoms with Gasteiger partial charge in [-0.2, -0.15) is 0 Å². The average molecular weight is 251 g/mol. The van der Waals surface area contributed by atoms with Crippen molar-refractivity contribution < 1.29 is 9.90 Å². The highest BCUT2D eigenvalue weighted by Crippen LogP contribution is 2.20. The van der Waals surface area contributed by atoms with Gasteiger partial charge in [-0.3, -0.25) is 4.79 Å². The molecule has 3 heteroatoms. The molecule has 0 unspecified atom stereocenters. The number of carbonyl (C=O) groups is 1. The SMILES string of the molecule is C#Cc1cccc(NC(=O)c2ccc(C)cc2O)c1. The number of carbonyl (C=O) groups excluding carboxylic acids is 1. The number of aryl methyl sites for hydroxylation is 1. The quantitative estimate of drug-likeness (QED) is 0.806. The Labute approximate surface area is 111 Å². The summed E-state index contributed by atoms with van der Waals surface area (Å²) in [4.78, 5) is 12.0. The van der Waals surface area contributed by atoms with Gasteiger partial charge in [-0.25, -0.2) is 0 Å². The first-order valence-electron chi connectivity index (χ1n) is 5.78. The molecule has 0 bridgehead atoms. The number of anilines is 1. The normalized spacial score (nSPS) is 9.68. The highest BCUT2D eigenvalue weighted by atomic mass is 16.3. The second kappa shape index (κ2) is 5.28. The third kappa shape index (κ3) is 2.93. The molecule has 0 aliphatic heterocycles. The van der Waals surface area contributed by atoms with Crippen molar-refractivity contribution in [3.05, 3.63) is 59.2 Å². The highest BCUT2D eigenvalue weighted by Gasteiger charge is 2.11. The number of phenolic OH excluding ortho intramolecular Hbond substituents is 1. The molecule has 1 amide bonds. The van der Waals surface area contributed by atoms with Crippen molar-refractivity contribution in [3.8, 4) is 18.1 Å². The second-order valence-electron chi connectivity index (χ2n) is 4.20. The van der Waals surface area contributed by atoms with Crippen molar-refractivity contribution in [1.29, 1.82) is 0 Å². The molecule has 2 aromatic rings. The molecule has 2 N–H and O–H groups in total. The van der Waals surface area contributed by atoms with Crippen LogP contribution in [0.15, 0.2) is 42.5 Å². The predicted molar refractivity (Wildman–Crippen MR) is 75.2 cm³/mol. The smallest absolute Gasteiger partial charge is 0.259 e. The van der Waals surface area contributed by atoms with Crippen LogP contribution in [-0.2, 0) is 0 Å². The zero-order valence-electron chi connectivity index (χ0n) is 10.5. The summed E-state index contributed by atoms with van der Waals surface area (Å²) in [6, 6.07) is 11.9. The van der Waals surface area contributed by atoms with Gasteiger partial charge in [0.15, 0.2) is 0 Å². The molecule has 0 atom stereocenters. The van der Waals surface area contributed by atoms with E-state index in [9.17, 15) is 9.90 Å². The molecule has 19 heavy (non-hydrogen) atoms. The Morgan fingerprint density at radius 1 is 1.26 bits per heavy atom. The molecule has 0 radical (unpaired) electrons. The molecule has 0 heterocycles. The number of nitrogens with one attached hydrogen (secondary N) is 1. The Kier molecular flexibility index (Phi) is 3.53. The lowest BCUT2D eigenvalue weighted by molar-refractivity contribution is 0.102. The maximum atomic E-state index is 12.0. The molecule has 2 rings (SSSR count). The van der Waals surface area contributed by atoms with Crippen molar-refractivity contribution in [2.75, 3.05) is 5.32 Å². The fraction of sp³-hybridized carbons (Fsp3) is 0.0625. The van der Waals surface area contributed by atoms with E-state index in [1.54, 1.807) is 42.5 Å². The third-order valence-electron chi connectivity index (χ3n) is 2.68. The van der Waals surface area contributed by atoms with Crippen molar-refractivity contribution in [2.45, 2.75) is 6.92 Å². The van der Waals surface area contributed by atoms with Crippen molar-refractivity contribution in [2.24, 2.45) is 0 Å². The molecular weight excluding hydrogens is 238 g/mol. The largest absolute Gasteiger partial charge is 0.507 e. The monoisotopic (exact) mass is 251 g/mol. The number of benzene rings is 2. The van der Waals surface area contributed by atoms with Gasteiger partial charge in [-0.15, -0.1) is 6.42 Å². The summed E-state index contributed by atoms with van der Waals surface area (Å²) in [6.45, 7) is 1.85. The minimum atomic E-state index is -0.369. The van der Waals surface area contributed by atoms with Crippen LogP contribution in [0, 0.1) is 19.3 Å². The predicted octanol–water partition coefficient (Wildman–Crippen LogP) is 2.93. The molecule has 0 aliphatic carbocycles. The first-order valence-corrected chi connectivity index (χ1v) is 5.78. The number of phenols is 1. The van der Waals surface area contributed by atoms with Crippen molar-refractivity contribution in [3.63, 3.8) is 0 Å². The van der Waals surface area contributed by atoms with E-state index in [2.05, 4.69) is 11.2 Å². The van der Waals surface area contributed by atoms with Gasteiger partial charge in [-0.1, -0.05) is 18.1 Å². The number of hydrogen-bond acceptors (Lipinski definition) is 2. The Hall–Kier alpha value is -2.73. The lowest BCUT2D eigenvalue weighted by atomic mass is 10.1. The standard InChI is InChI=1S/C16H13NO2/c1-3-12-5-4-6-13(10-12)17-16(19)14-8-7-11(2)9-15(14)18/h1,4-10,18H,2H3,(H,17,19). The van der Waals surface area contributed by atoms with Crippen LogP contribution in [0.2, 0.25) is 0 Å². The third-order valence-corrected chi connectivity index (χ3v) is 2.68. The molecule has 0 aromatic heterocycles. The van der Waals surface area contributed by atoms with Gasteiger partial charge in [0, 0.05) is 11.3 Å². The lowest BCUT2D eigenvalue weighted by Crippen LogP contribution is -2.12. The molecule has 0 spiro atoms. The van der Waals surface area contributed by atoms with E-state index < -0.39 is 0 Å². The molecule has 94 valence electrons. The molecule has 0 fully saturated rings. The number of terminal acetylenes is 1. The first kappa shape index (κ1) is 12.7. The Bertz CT molecular complexity index is 669. The number of hydrogen-bond donors (Lipinski definition) is 2. The first-order chi connectivity index (χ1) is 9.10. The number of aromatic hydroxyl groups is 1. The van der Waals surface area contributed by atoms with Crippen LogP contribution in [0.5, 0.6) is 5.75 Å². The number of rotatable bonds is 2. The van der Waals surface area contributed by atoms with E-state index in [4.69, 9.17) is 6.42 Å². The van der Waals surface area contributed by atoms with Crippen LogP contribution in [0.4, 0.5) is 5.69 Å². The number of amides is 1. The topological polar surface area (TPSA) is 49.3 Å². The average Bonchev–Trinajstić information content (AvgIpc) is 2.38. The maximum Gasteiger partial charge on any atom is 0.259 e. The molecule has 0 saturated carbocycles. The van der Waals surface area contributed by atoms with Gasteiger partial charge in [0.05, 0.1) is 5.56 Å². The van der Waals surface area contributed by atoms with E-state index in [1.165, 1.54) is 0 Å². The minimum absolute atomic E-state index is 0.0365. The van der Waals surface area contributed by atoms with Gasteiger partial charge >= 0.3 is 0 Å². The summed E-state index contributed by atoms with van der Waals surface area (Å²) in [5.41, 5.74) is 2.41. The van der Waals surface area contributed by atoms with Gasteiger partial charge < -0.3 is 10.4 Å². The molecule has 0 saturated heterocycles. The summed E-state index contributed by atoms with van der Waals surface area (Å²) >= 11 is 0. The summed E-state index contributed by atoms with van der Waals surface area (Å²) < 4.78 is 0. The second-order valence-corrected chi connectivity index (χ2v) is 4.20. The zero-order chi connectivity index (χ0) is 13.8. The zero-order valence-corrected chi connectivity index (χ0v) is 10.5. The highest BCUT2D eigenvalue weighted by molar-refractivity contribution is 6.06. The molecule has 3 nitrogen and oxygen atoms in total. The van der Waals surface area contributed by atoms with Gasteiger partial charge in [0.1, 0.15) is 5.75 Å². The summed E-state index contributed by atoms with van der Waals surface area (Å²) in [5, 5.41) is 12.4. The van der Waals surface area contributed by atoms with Gasteiger partial charge in [0.25, 0.3) is 5.91 Å². The maximum absolute atomic E-state index is 12.0. The van der Waals surface area contributed by atoms with Crippen LogP contribution in [0.1, 0.15) is 21.5 Å². The molecule has 2 aromatic carbocycles. The van der Waals surface area contributed by atoms with E-state index in [0.717, 1.165) is 5.56 Å². The lowest BCUT2D eigenvalue weighted by Gasteiger charge is -2.07. The molecule has 0 aliphatic rings.